The van der Waals surface area contributed by atoms with Crippen LogP contribution >= 0.6 is 0 Å². The van der Waals surface area contributed by atoms with Crippen molar-refractivity contribution in [1.82, 2.24) is 10.1 Å². The van der Waals surface area contributed by atoms with Crippen LogP contribution in [0.3, 0.4) is 0 Å². The van der Waals surface area contributed by atoms with Crippen molar-refractivity contribution in [1.29, 1.82) is 0 Å². The van der Waals surface area contributed by atoms with Crippen LogP contribution in [0.25, 0.3) is 0 Å². The van der Waals surface area contributed by atoms with E-state index >= 15 is 0 Å². The molecule has 23 heavy (non-hydrogen) atoms. The number of nitrogens with zero attached hydrogens (tertiary/aromatic N) is 2. The van der Waals surface area contributed by atoms with E-state index in [-0.39, 0.29) is 17.8 Å². The predicted octanol–water partition coefficient (Wildman–Crippen LogP) is 3.55. The van der Waals surface area contributed by atoms with E-state index in [4.69, 9.17) is 4.52 Å². The van der Waals surface area contributed by atoms with Crippen LogP contribution in [0.4, 0.5) is 4.39 Å². The van der Waals surface area contributed by atoms with Crippen LogP contribution < -0.4 is 0 Å². The van der Waals surface area contributed by atoms with E-state index in [1.807, 2.05) is 18.7 Å². The monoisotopic (exact) mass is 316 g/mol. The molecule has 2 aromatic rings. The lowest BCUT2D eigenvalue weighted by Crippen LogP contribution is -2.33. The van der Waals surface area contributed by atoms with Gasteiger partial charge in [0.1, 0.15) is 11.6 Å². The lowest BCUT2D eigenvalue weighted by Gasteiger charge is -2.23. The highest BCUT2D eigenvalue weighted by Crippen LogP contribution is 2.30. The SMILES string of the molecule is Cc1noc(C)c1CCC(=O)N(Cc1ccccc1F)C1CC1. The number of aromatic nitrogens is 1. The van der Waals surface area contributed by atoms with Crippen LogP contribution in [0.2, 0.25) is 0 Å². The fourth-order valence-electron chi connectivity index (χ4n) is 2.85. The topological polar surface area (TPSA) is 46.3 Å². The van der Waals surface area contributed by atoms with Crippen LogP contribution in [-0.2, 0) is 17.8 Å². The zero-order valence-electron chi connectivity index (χ0n) is 13.5. The maximum atomic E-state index is 13.9. The minimum Gasteiger partial charge on any atom is -0.361 e. The Labute approximate surface area is 135 Å². The molecule has 0 spiro atoms. The summed E-state index contributed by atoms with van der Waals surface area (Å²) in [5.74, 6) is 0.579. The third-order valence-electron chi connectivity index (χ3n) is 4.38. The number of hydrogen-bond acceptors (Lipinski definition) is 3. The van der Waals surface area contributed by atoms with Crippen LogP contribution in [0.1, 0.15) is 41.8 Å². The fraction of sp³-hybridized carbons (Fsp3) is 0.444. The van der Waals surface area contributed by atoms with Crippen molar-refractivity contribution in [2.75, 3.05) is 0 Å². The van der Waals surface area contributed by atoms with E-state index in [1.54, 1.807) is 18.2 Å². The molecule has 0 N–H and O–H groups in total. The summed E-state index contributed by atoms with van der Waals surface area (Å²) in [6.45, 7) is 4.09. The Balaban J connectivity index is 1.67. The minimum absolute atomic E-state index is 0.0655. The van der Waals surface area contributed by atoms with E-state index in [1.165, 1.54) is 6.07 Å². The van der Waals surface area contributed by atoms with Gasteiger partial charge in [0.2, 0.25) is 5.91 Å². The zero-order chi connectivity index (χ0) is 16.4. The summed E-state index contributed by atoms with van der Waals surface area (Å²) < 4.78 is 19.0. The van der Waals surface area contributed by atoms with Crippen LogP contribution in [0.15, 0.2) is 28.8 Å². The van der Waals surface area contributed by atoms with E-state index in [2.05, 4.69) is 5.16 Å². The molecule has 0 radical (unpaired) electrons. The molecule has 0 aliphatic heterocycles. The summed E-state index contributed by atoms with van der Waals surface area (Å²) in [7, 11) is 0. The number of amides is 1. The average molecular weight is 316 g/mol. The molecule has 1 aromatic carbocycles. The van der Waals surface area contributed by atoms with Crippen molar-refractivity contribution in [3.05, 3.63) is 52.7 Å². The molecule has 3 rings (SSSR count). The first-order chi connectivity index (χ1) is 11.1. The molecule has 1 saturated carbocycles. The van der Waals surface area contributed by atoms with Crippen molar-refractivity contribution in [3.63, 3.8) is 0 Å². The molecule has 1 aliphatic rings. The van der Waals surface area contributed by atoms with Crippen molar-refractivity contribution in [2.45, 2.75) is 52.1 Å². The van der Waals surface area contributed by atoms with Crippen LogP contribution in [0.5, 0.6) is 0 Å². The number of carbonyl (C=O) groups is 1. The van der Waals surface area contributed by atoms with E-state index < -0.39 is 0 Å². The lowest BCUT2D eigenvalue weighted by atomic mass is 10.1. The molecule has 122 valence electrons. The fourth-order valence-corrected chi connectivity index (χ4v) is 2.85. The Morgan fingerprint density at radius 3 is 2.70 bits per heavy atom. The standard InChI is InChI=1S/C18H21FN2O2/c1-12-16(13(2)23-20-12)9-10-18(22)21(15-7-8-15)11-14-5-3-4-6-17(14)19/h3-6,15H,7-11H2,1-2H3. The number of hydrogen-bond donors (Lipinski definition) is 0. The van der Waals surface area contributed by atoms with Crippen molar-refractivity contribution >= 4 is 5.91 Å². The van der Waals surface area contributed by atoms with Gasteiger partial charge in [0.05, 0.1) is 5.69 Å². The Kier molecular flexibility index (Phi) is 4.46. The highest BCUT2D eigenvalue weighted by atomic mass is 19.1. The van der Waals surface area contributed by atoms with Gasteiger partial charge in [0.15, 0.2) is 0 Å². The van der Waals surface area contributed by atoms with Crippen molar-refractivity contribution < 1.29 is 13.7 Å². The summed E-state index contributed by atoms with van der Waals surface area (Å²) in [6.07, 6.45) is 3.02. The van der Waals surface area contributed by atoms with Gasteiger partial charge in [-0.1, -0.05) is 23.4 Å². The van der Waals surface area contributed by atoms with E-state index in [0.717, 1.165) is 29.9 Å². The maximum absolute atomic E-state index is 13.9. The molecule has 1 aromatic heterocycles. The summed E-state index contributed by atoms with van der Waals surface area (Å²) in [5.41, 5.74) is 2.41. The molecular weight excluding hydrogens is 295 g/mol. The zero-order valence-corrected chi connectivity index (χ0v) is 13.5. The summed E-state index contributed by atoms with van der Waals surface area (Å²) >= 11 is 0. The number of halogens is 1. The minimum atomic E-state index is -0.253. The highest BCUT2D eigenvalue weighted by Gasteiger charge is 2.32. The molecule has 0 saturated heterocycles. The van der Waals surface area contributed by atoms with Gasteiger partial charge in [-0.25, -0.2) is 4.39 Å². The molecule has 0 atom stereocenters. The van der Waals surface area contributed by atoms with Crippen molar-refractivity contribution in [2.24, 2.45) is 0 Å². The first kappa shape index (κ1) is 15.7. The Hall–Kier alpha value is -2.17. The smallest absolute Gasteiger partial charge is 0.223 e. The molecule has 1 amide bonds. The number of rotatable bonds is 6. The maximum Gasteiger partial charge on any atom is 0.223 e. The van der Waals surface area contributed by atoms with Crippen molar-refractivity contribution in [3.8, 4) is 0 Å². The molecular formula is C18H21FN2O2. The van der Waals surface area contributed by atoms with Gasteiger partial charge in [-0.15, -0.1) is 0 Å². The van der Waals surface area contributed by atoms with Gasteiger partial charge in [-0.3, -0.25) is 4.79 Å². The van der Waals surface area contributed by atoms with Crippen LogP contribution in [0, 0.1) is 19.7 Å². The van der Waals surface area contributed by atoms with Gasteiger partial charge >= 0.3 is 0 Å². The summed E-state index contributed by atoms with van der Waals surface area (Å²) in [5, 5.41) is 3.92. The highest BCUT2D eigenvalue weighted by molar-refractivity contribution is 5.77. The first-order valence-corrected chi connectivity index (χ1v) is 8.01. The Morgan fingerprint density at radius 1 is 1.35 bits per heavy atom. The number of benzene rings is 1. The molecule has 0 unspecified atom stereocenters. The molecule has 0 bridgehead atoms. The molecule has 1 heterocycles. The third-order valence-corrected chi connectivity index (χ3v) is 4.38. The molecule has 5 heteroatoms. The lowest BCUT2D eigenvalue weighted by molar-refractivity contribution is -0.132. The van der Waals surface area contributed by atoms with Crippen LogP contribution in [-0.4, -0.2) is 22.0 Å². The normalized spacial score (nSPS) is 14.0. The predicted molar refractivity (Wildman–Crippen MR) is 84.3 cm³/mol. The number of aryl methyl sites for hydroxylation is 2. The Morgan fingerprint density at radius 2 is 2.09 bits per heavy atom. The van der Waals surface area contributed by atoms with E-state index in [9.17, 15) is 9.18 Å². The van der Waals surface area contributed by atoms with Gasteiger partial charge < -0.3 is 9.42 Å². The second kappa shape index (κ2) is 6.52. The van der Waals surface area contributed by atoms with Gasteiger partial charge in [0, 0.05) is 30.1 Å². The number of carbonyl (C=O) groups excluding carboxylic acids is 1. The van der Waals surface area contributed by atoms with E-state index in [0.29, 0.717) is 24.9 Å². The molecule has 4 nitrogen and oxygen atoms in total. The second-order valence-corrected chi connectivity index (χ2v) is 6.15. The quantitative estimate of drug-likeness (QED) is 0.818. The third kappa shape index (κ3) is 3.60. The Bertz CT molecular complexity index is 687. The largest absolute Gasteiger partial charge is 0.361 e. The molecule has 1 aliphatic carbocycles. The van der Waals surface area contributed by atoms with Gasteiger partial charge in [-0.05, 0) is 39.2 Å². The second-order valence-electron chi connectivity index (χ2n) is 6.15. The van der Waals surface area contributed by atoms with Gasteiger partial charge in [0.25, 0.3) is 0 Å². The molecule has 1 fully saturated rings. The average Bonchev–Trinajstić information content (AvgIpc) is 3.31. The van der Waals surface area contributed by atoms with Gasteiger partial charge in [-0.2, -0.15) is 0 Å². The first-order valence-electron chi connectivity index (χ1n) is 8.01. The summed E-state index contributed by atoms with van der Waals surface area (Å²) in [4.78, 5) is 14.4. The summed E-state index contributed by atoms with van der Waals surface area (Å²) in [6, 6.07) is 6.91.